The number of hydrogen-bond donors (Lipinski definition) is 0. The van der Waals surface area contributed by atoms with Crippen molar-refractivity contribution < 1.29 is 0 Å². The smallest absolute Gasteiger partial charge is 0.109 e. The van der Waals surface area contributed by atoms with Crippen LogP contribution >= 0.6 is 0 Å². The van der Waals surface area contributed by atoms with Crippen LogP contribution in [0.4, 0.5) is 0 Å². The van der Waals surface area contributed by atoms with Crippen molar-refractivity contribution in [2.75, 3.05) is 0 Å². The molecule has 0 N–H and O–H groups in total. The van der Waals surface area contributed by atoms with Crippen LogP contribution in [-0.2, 0) is 6.42 Å². The van der Waals surface area contributed by atoms with E-state index in [1.54, 1.807) is 0 Å². The predicted molar refractivity (Wildman–Crippen MR) is 70.0 cm³/mol. The summed E-state index contributed by atoms with van der Waals surface area (Å²) < 4.78 is 2.35. The van der Waals surface area contributed by atoms with E-state index in [4.69, 9.17) is 4.98 Å². The van der Waals surface area contributed by atoms with E-state index >= 15 is 0 Å². The molecule has 1 aromatic heterocycles. The van der Waals surface area contributed by atoms with Gasteiger partial charge in [-0.25, -0.2) is 4.98 Å². The molecule has 3 rings (SSSR count). The lowest BCUT2D eigenvalue weighted by Gasteiger charge is -2.20. The van der Waals surface area contributed by atoms with Gasteiger partial charge in [-0.15, -0.1) is 0 Å². The minimum Gasteiger partial charge on any atom is -0.331 e. The topological polar surface area (TPSA) is 17.8 Å². The highest BCUT2D eigenvalue weighted by Gasteiger charge is 2.18. The summed E-state index contributed by atoms with van der Waals surface area (Å²) in [6.07, 6.45) is 5.88. The monoisotopic (exact) mass is 226 g/mol. The average molecular weight is 226 g/mol. The number of imidazole rings is 1. The van der Waals surface area contributed by atoms with Crippen LogP contribution in [0.2, 0.25) is 0 Å². The van der Waals surface area contributed by atoms with Crippen LogP contribution < -0.4 is 0 Å². The third kappa shape index (κ3) is 1.88. The molecule has 2 heterocycles. The zero-order chi connectivity index (χ0) is 11.8. The Balaban J connectivity index is 2.05. The molecular weight excluding hydrogens is 208 g/mol. The molecule has 1 atom stereocenters. The number of nitrogens with zero attached hydrogens (tertiary/aromatic N) is 2. The first-order valence-corrected chi connectivity index (χ1v) is 6.39. The van der Waals surface area contributed by atoms with E-state index in [2.05, 4.69) is 48.9 Å². The maximum absolute atomic E-state index is 4.78. The molecule has 17 heavy (non-hydrogen) atoms. The molecule has 0 fully saturated rings. The molecular formula is C15H18N2. The molecule has 0 spiro atoms. The number of rotatable bonds is 1. The van der Waals surface area contributed by atoms with Gasteiger partial charge in [-0.3, -0.25) is 0 Å². The molecule has 0 radical (unpaired) electrons. The Morgan fingerprint density at radius 3 is 3.00 bits per heavy atom. The Hall–Kier alpha value is -1.57. The van der Waals surface area contributed by atoms with Crippen molar-refractivity contribution >= 4 is 0 Å². The van der Waals surface area contributed by atoms with E-state index in [-0.39, 0.29) is 0 Å². The molecule has 0 aliphatic carbocycles. The lowest BCUT2D eigenvalue weighted by molar-refractivity contribution is 0.426. The quantitative estimate of drug-likeness (QED) is 0.724. The molecule has 1 aromatic carbocycles. The Morgan fingerprint density at radius 1 is 1.35 bits per heavy atom. The lowest BCUT2D eigenvalue weighted by atomic mass is 10.1. The van der Waals surface area contributed by atoms with Gasteiger partial charge in [-0.2, -0.15) is 0 Å². The number of hydrogen-bond acceptors (Lipinski definition) is 1. The summed E-state index contributed by atoms with van der Waals surface area (Å²) in [5, 5.41) is 0. The van der Waals surface area contributed by atoms with Crippen LogP contribution in [0, 0.1) is 6.92 Å². The van der Waals surface area contributed by atoms with E-state index in [9.17, 15) is 0 Å². The third-order valence-corrected chi connectivity index (χ3v) is 3.62. The SMILES string of the molecule is Cc1cccc(-c2cn3c(n2)CCCC3C)c1. The maximum atomic E-state index is 4.78. The number of aromatic nitrogens is 2. The molecule has 1 unspecified atom stereocenters. The van der Waals surface area contributed by atoms with Gasteiger partial charge in [-0.05, 0) is 32.8 Å². The Labute approximate surface area is 102 Å². The first-order chi connectivity index (χ1) is 8.24. The summed E-state index contributed by atoms with van der Waals surface area (Å²) in [6, 6.07) is 9.18. The van der Waals surface area contributed by atoms with E-state index in [1.807, 2.05) is 0 Å². The molecule has 0 saturated carbocycles. The minimum atomic E-state index is 0.602. The highest BCUT2D eigenvalue weighted by Crippen LogP contribution is 2.28. The third-order valence-electron chi connectivity index (χ3n) is 3.62. The van der Waals surface area contributed by atoms with Crippen LogP contribution in [-0.4, -0.2) is 9.55 Å². The van der Waals surface area contributed by atoms with Crippen molar-refractivity contribution in [1.82, 2.24) is 9.55 Å². The molecule has 0 saturated heterocycles. The van der Waals surface area contributed by atoms with E-state index < -0.39 is 0 Å². The highest BCUT2D eigenvalue weighted by molar-refractivity contribution is 5.59. The molecule has 1 aliphatic heterocycles. The van der Waals surface area contributed by atoms with Crippen molar-refractivity contribution in [1.29, 1.82) is 0 Å². The van der Waals surface area contributed by atoms with Crippen molar-refractivity contribution in [3.05, 3.63) is 41.9 Å². The summed E-state index contributed by atoms with van der Waals surface area (Å²) in [7, 11) is 0. The maximum Gasteiger partial charge on any atom is 0.109 e. The largest absolute Gasteiger partial charge is 0.331 e. The average Bonchev–Trinajstić information content (AvgIpc) is 2.74. The van der Waals surface area contributed by atoms with E-state index in [0.717, 1.165) is 12.1 Å². The number of benzene rings is 1. The van der Waals surface area contributed by atoms with Gasteiger partial charge in [0.2, 0.25) is 0 Å². The van der Waals surface area contributed by atoms with Crippen molar-refractivity contribution in [3.63, 3.8) is 0 Å². The second-order valence-corrected chi connectivity index (χ2v) is 5.06. The molecule has 0 bridgehead atoms. The Bertz CT molecular complexity index is 540. The van der Waals surface area contributed by atoms with Gasteiger partial charge in [0.05, 0.1) is 5.69 Å². The summed E-state index contributed by atoms with van der Waals surface area (Å²) >= 11 is 0. The highest BCUT2D eigenvalue weighted by atomic mass is 15.1. The van der Waals surface area contributed by atoms with Crippen LogP contribution in [0.5, 0.6) is 0 Å². The first kappa shape index (κ1) is 10.6. The van der Waals surface area contributed by atoms with Crippen molar-refractivity contribution in [2.24, 2.45) is 0 Å². The van der Waals surface area contributed by atoms with Gasteiger partial charge in [-0.1, -0.05) is 23.8 Å². The second kappa shape index (κ2) is 4.02. The lowest BCUT2D eigenvalue weighted by Crippen LogP contribution is -2.14. The van der Waals surface area contributed by atoms with Crippen LogP contribution in [0.3, 0.4) is 0 Å². The van der Waals surface area contributed by atoms with Gasteiger partial charge in [0.25, 0.3) is 0 Å². The fourth-order valence-corrected chi connectivity index (χ4v) is 2.64. The molecule has 1 aliphatic rings. The van der Waals surface area contributed by atoms with Gasteiger partial charge in [0.15, 0.2) is 0 Å². The Morgan fingerprint density at radius 2 is 2.24 bits per heavy atom. The summed E-state index contributed by atoms with van der Waals surface area (Å²) in [6.45, 7) is 4.41. The summed E-state index contributed by atoms with van der Waals surface area (Å²) in [5.41, 5.74) is 3.65. The fraction of sp³-hybridized carbons (Fsp3) is 0.400. The summed E-state index contributed by atoms with van der Waals surface area (Å²) in [5.74, 6) is 1.25. The molecule has 0 amide bonds. The Kier molecular flexibility index (Phi) is 2.50. The van der Waals surface area contributed by atoms with Crippen molar-refractivity contribution in [3.8, 4) is 11.3 Å². The molecule has 2 nitrogen and oxygen atoms in total. The fourth-order valence-electron chi connectivity index (χ4n) is 2.64. The number of fused-ring (bicyclic) bond motifs is 1. The van der Waals surface area contributed by atoms with E-state index in [0.29, 0.717) is 6.04 Å². The molecule has 88 valence electrons. The van der Waals surface area contributed by atoms with Crippen LogP contribution in [0.15, 0.2) is 30.5 Å². The van der Waals surface area contributed by atoms with Crippen LogP contribution in [0.25, 0.3) is 11.3 Å². The zero-order valence-corrected chi connectivity index (χ0v) is 10.5. The number of aryl methyl sites for hydroxylation is 2. The first-order valence-electron chi connectivity index (χ1n) is 6.39. The van der Waals surface area contributed by atoms with Gasteiger partial charge >= 0.3 is 0 Å². The van der Waals surface area contributed by atoms with Gasteiger partial charge < -0.3 is 4.57 Å². The van der Waals surface area contributed by atoms with E-state index in [1.165, 1.54) is 29.8 Å². The minimum absolute atomic E-state index is 0.602. The summed E-state index contributed by atoms with van der Waals surface area (Å²) in [4.78, 5) is 4.78. The molecule has 2 aromatic rings. The van der Waals surface area contributed by atoms with Gasteiger partial charge in [0, 0.05) is 24.2 Å². The standard InChI is InChI=1S/C15H18N2/c1-11-5-3-7-13(9-11)14-10-17-12(2)6-4-8-15(17)16-14/h3,5,7,9-10,12H,4,6,8H2,1-2H3. The van der Waals surface area contributed by atoms with Gasteiger partial charge in [0.1, 0.15) is 5.82 Å². The van der Waals surface area contributed by atoms with Crippen molar-refractivity contribution in [2.45, 2.75) is 39.2 Å². The second-order valence-electron chi connectivity index (χ2n) is 5.06. The molecule has 2 heteroatoms. The zero-order valence-electron chi connectivity index (χ0n) is 10.5. The van der Waals surface area contributed by atoms with Crippen LogP contribution in [0.1, 0.15) is 37.2 Å². The predicted octanol–water partition coefficient (Wildman–Crippen LogP) is 3.76. The normalized spacial score (nSPS) is 19.1.